The van der Waals surface area contributed by atoms with E-state index in [0.29, 0.717) is 30.2 Å². The summed E-state index contributed by atoms with van der Waals surface area (Å²) in [6.07, 6.45) is 5.79. The van der Waals surface area contributed by atoms with Crippen LogP contribution in [-0.4, -0.2) is 33.7 Å². The molecule has 1 saturated heterocycles. The molecule has 1 fully saturated rings. The van der Waals surface area contributed by atoms with E-state index in [1.807, 2.05) is 60.7 Å². The van der Waals surface area contributed by atoms with E-state index in [-0.39, 0.29) is 41.7 Å². The van der Waals surface area contributed by atoms with Crippen molar-refractivity contribution in [3.63, 3.8) is 0 Å². The summed E-state index contributed by atoms with van der Waals surface area (Å²) in [5.74, 6) is 0.322. The van der Waals surface area contributed by atoms with Crippen LogP contribution in [0.15, 0.2) is 60.7 Å². The molecule has 9 heteroatoms. The molecule has 3 heterocycles. The lowest BCUT2D eigenvalue weighted by molar-refractivity contribution is -0.122. The molecule has 0 bridgehead atoms. The Balaban J connectivity index is 1.39. The third kappa shape index (κ3) is 3.69. The molecule has 0 saturated carbocycles. The molecule has 6 rings (SSSR count). The van der Waals surface area contributed by atoms with Gasteiger partial charge in [-0.3, -0.25) is 9.59 Å². The first-order valence-corrected chi connectivity index (χ1v) is 12.1. The van der Waals surface area contributed by atoms with Crippen molar-refractivity contribution in [2.45, 2.75) is 31.3 Å². The number of methoxy groups -OCH3 is 1. The fraction of sp³-hybridized carbons (Fsp3) is 0.308. The average molecular weight is 490 g/mol. The Morgan fingerprint density at radius 3 is 2.20 bits per heavy atom. The summed E-state index contributed by atoms with van der Waals surface area (Å²) in [4.78, 5) is 32.1. The molecular weight excluding hydrogens is 466 g/mol. The number of nitrogens with zero attached hydrogens (tertiary/aromatic N) is 4. The summed E-state index contributed by atoms with van der Waals surface area (Å²) in [6.45, 7) is 0. The van der Waals surface area contributed by atoms with Crippen LogP contribution in [0, 0.1) is 11.8 Å². The van der Waals surface area contributed by atoms with Crippen molar-refractivity contribution < 1.29 is 14.3 Å². The summed E-state index contributed by atoms with van der Waals surface area (Å²) < 4.78 is 7.08. The monoisotopic (exact) mass is 489 g/mol. The Morgan fingerprint density at radius 1 is 0.943 bits per heavy atom. The van der Waals surface area contributed by atoms with Crippen LogP contribution in [0.1, 0.15) is 42.5 Å². The van der Waals surface area contributed by atoms with Crippen LogP contribution < -0.4 is 15.0 Å². The highest BCUT2D eigenvalue weighted by Crippen LogP contribution is 2.41. The van der Waals surface area contributed by atoms with Gasteiger partial charge in [0, 0.05) is 5.02 Å². The predicted octanol–water partition coefficient (Wildman–Crippen LogP) is 4.54. The molecular formula is C26H24ClN5O3. The number of ether oxygens (including phenoxy) is 1. The molecule has 8 nitrogen and oxygen atoms in total. The fourth-order valence-electron chi connectivity index (χ4n) is 5.28. The van der Waals surface area contributed by atoms with E-state index in [1.165, 1.54) is 4.90 Å². The Bertz CT molecular complexity index is 1290. The predicted molar refractivity (Wildman–Crippen MR) is 131 cm³/mol. The highest BCUT2D eigenvalue weighted by atomic mass is 35.5. The van der Waals surface area contributed by atoms with Crippen molar-refractivity contribution in [2.24, 2.45) is 11.8 Å². The summed E-state index contributed by atoms with van der Waals surface area (Å²) in [6, 6.07) is 15.3. The molecule has 2 amide bonds. The van der Waals surface area contributed by atoms with Gasteiger partial charge in [0.1, 0.15) is 5.75 Å². The molecule has 3 aromatic rings. The molecule has 2 aliphatic heterocycles. The number of hydrogen-bond acceptors (Lipinski definition) is 6. The van der Waals surface area contributed by atoms with Crippen molar-refractivity contribution in [2.75, 3.05) is 17.3 Å². The van der Waals surface area contributed by atoms with Crippen molar-refractivity contribution in [1.82, 2.24) is 14.8 Å². The van der Waals surface area contributed by atoms with Gasteiger partial charge in [0.05, 0.1) is 31.0 Å². The SMILES string of the molecule is COc1ccc([C@@H]2C[C@H](c3ccc(Cl)cc3)n3nc(N4C(=O)[C@@H]5CC=CC[C@H]5C4=O)nc3N2)cc1. The largest absolute Gasteiger partial charge is 0.497 e. The number of carbonyl (C=O) groups is 2. The average Bonchev–Trinajstić information content (AvgIpc) is 3.42. The van der Waals surface area contributed by atoms with Crippen LogP contribution in [0.2, 0.25) is 5.02 Å². The zero-order chi connectivity index (χ0) is 24.1. The van der Waals surface area contributed by atoms with Gasteiger partial charge >= 0.3 is 0 Å². The number of halogens is 1. The lowest BCUT2D eigenvalue weighted by Gasteiger charge is -2.31. The molecule has 3 aliphatic rings. The third-order valence-electron chi connectivity index (χ3n) is 7.16. The quantitative estimate of drug-likeness (QED) is 0.427. The van der Waals surface area contributed by atoms with Gasteiger partial charge in [-0.25, -0.2) is 9.58 Å². The summed E-state index contributed by atoms with van der Waals surface area (Å²) in [7, 11) is 1.64. The van der Waals surface area contributed by atoms with E-state index in [9.17, 15) is 9.59 Å². The van der Waals surface area contributed by atoms with E-state index in [4.69, 9.17) is 16.3 Å². The second-order valence-electron chi connectivity index (χ2n) is 9.12. The topological polar surface area (TPSA) is 89.4 Å². The molecule has 4 atom stereocenters. The smallest absolute Gasteiger partial charge is 0.260 e. The lowest BCUT2D eigenvalue weighted by atomic mass is 9.85. The summed E-state index contributed by atoms with van der Waals surface area (Å²) >= 11 is 6.14. The van der Waals surface area contributed by atoms with Crippen molar-refractivity contribution >= 4 is 35.3 Å². The minimum absolute atomic E-state index is 0.0529. The number of imide groups is 1. The summed E-state index contributed by atoms with van der Waals surface area (Å²) in [5.41, 5.74) is 2.09. The number of amides is 2. The molecule has 35 heavy (non-hydrogen) atoms. The minimum Gasteiger partial charge on any atom is -0.497 e. The van der Waals surface area contributed by atoms with Crippen LogP contribution in [0.3, 0.4) is 0 Å². The van der Waals surface area contributed by atoms with Gasteiger partial charge in [0.25, 0.3) is 5.95 Å². The van der Waals surface area contributed by atoms with E-state index in [1.54, 1.807) is 11.8 Å². The summed E-state index contributed by atoms with van der Waals surface area (Å²) in [5, 5.41) is 8.79. The number of fused-ring (bicyclic) bond motifs is 2. The van der Waals surface area contributed by atoms with Crippen molar-refractivity contribution in [3.8, 4) is 5.75 Å². The van der Waals surface area contributed by atoms with Crippen molar-refractivity contribution in [1.29, 1.82) is 0 Å². The van der Waals surface area contributed by atoms with Crippen LogP contribution in [0.5, 0.6) is 5.75 Å². The van der Waals surface area contributed by atoms with Crippen molar-refractivity contribution in [3.05, 3.63) is 76.8 Å². The fourth-order valence-corrected chi connectivity index (χ4v) is 5.40. The van der Waals surface area contributed by atoms with E-state index >= 15 is 0 Å². The number of nitrogens with one attached hydrogen (secondary N) is 1. The van der Waals surface area contributed by atoms with E-state index in [0.717, 1.165) is 16.9 Å². The second kappa shape index (κ2) is 8.53. The minimum atomic E-state index is -0.333. The number of hydrogen-bond donors (Lipinski definition) is 1. The first kappa shape index (κ1) is 21.9. The van der Waals surface area contributed by atoms with Crippen LogP contribution in [0.4, 0.5) is 11.9 Å². The molecule has 1 aliphatic carbocycles. The zero-order valence-electron chi connectivity index (χ0n) is 19.1. The maximum atomic E-state index is 13.1. The number of aromatic nitrogens is 3. The van der Waals surface area contributed by atoms with Gasteiger partial charge in [-0.2, -0.15) is 4.98 Å². The number of rotatable bonds is 4. The Labute approximate surface area is 207 Å². The highest BCUT2D eigenvalue weighted by Gasteiger charge is 2.50. The van der Waals surface area contributed by atoms with Crippen LogP contribution in [-0.2, 0) is 9.59 Å². The second-order valence-corrected chi connectivity index (χ2v) is 9.56. The number of benzene rings is 2. The van der Waals surface area contributed by atoms with Gasteiger partial charge < -0.3 is 10.1 Å². The highest BCUT2D eigenvalue weighted by molar-refractivity contribution is 6.30. The third-order valence-corrected chi connectivity index (χ3v) is 7.41. The van der Waals surface area contributed by atoms with Crippen LogP contribution >= 0.6 is 11.6 Å². The molecule has 1 N–H and O–H groups in total. The number of carbonyl (C=O) groups excluding carboxylic acids is 2. The molecule has 2 aromatic carbocycles. The van der Waals surface area contributed by atoms with Gasteiger partial charge in [-0.1, -0.05) is 48.0 Å². The molecule has 178 valence electrons. The number of anilines is 2. The Kier molecular flexibility index (Phi) is 5.33. The van der Waals surface area contributed by atoms with Gasteiger partial charge in [-0.15, -0.1) is 5.10 Å². The molecule has 1 aromatic heterocycles. The number of allylic oxidation sites excluding steroid dienone is 2. The van der Waals surface area contributed by atoms with Gasteiger partial charge in [-0.05, 0) is 54.7 Å². The molecule has 0 unspecified atom stereocenters. The Morgan fingerprint density at radius 2 is 1.57 bits per heavy atom. The van der Waals surface area contributed by atoms with Gasteiger partial charge in [0.2, 0.25) is 17.8 Å². The normalized spacial score (nSPS) is 25.3. The molecule has 0 radical (unpaired) electrons. The lowest BCUT2D eigenvalue weighted by Crippen LogP contribution is -2.32. The standard InChI is InChI=1S/C26H24ClN5O3/c1-35-18-12-8-15(9-13-18)21-14-22(16-6-10-17(27)11-7-16)32-25(28-21)29-26(30-32)31-23(33)19-4-2-3-5-20(19)24(31)34/h2-3,6-13,19-22H,4-5,14H2,1H3,(H,28,29,30)/t19-,20-,21+,22-/m1/s1. The van der Waals surface area contributed by atoms with Gasteiger partial charge in [0.15, 0.2) is 0 Å². The Hall–Kier alpha value is -3.65. The zero-order valence-corrected chi connectivity index (χ0v) is 19.9. The molecule has 0 spiro atoms. The maximum Gasteiger partial charge on any atom is 0.260 e. The van der Waals surface area contributed by atoms with E-state index < -0.39 is 0 Å². The van der Waals surface area contributed by atoms with E-state index in [2.05, 4.69) is 15.4 Å². The first-order chi connectivity index (χ1) is 17.0. The maximum absolute atomic E-state index is 13.1. The van der Waals surface area contributed by atoms with Crippen LogP contribution in [0.25, 0.3) is 0 Å². The first-order valence-electron chi connectivity index (χ1n) is 11.7.